The Hall–Kier alpha value is -12.3. The Bertz CT molecular complexity index is 4830. The summed E-state index contributed by atoms with van der Waals surface area (Å²) in [6.45, 7) is 6.21. The molecule has 0 unspecified atom stereocenters. The van der Waals surface area contributed by atoms with E-state index in [2.05, 4.69) is 89.1 Å². The van der Waals surface area contributed by atoms with Crippen molar-refractivity contribution >= 4 is 149 Å². The molecule has 0 aromatic heterocycles. The van der Waals surface area contributed by atoms with Crippen LogP contribution in [0.15, 0.2) is 54.6 Å². The largest absolute Gasteiger partial charge is 0.508 e. The van der Waals surface area contributed by atoms with Crippen LogP contribution in [0.1, 0.15) is 174 Å². The molecule has 20 N–H and O–H groups in total. The van der Waals surface area contributed by atoms with Crippen molar-refractivity contribution in [2.24, 2.45) is 23.3 Å². The molecule has 0 bridgehead atoms. The number of benzene rings is 2. The monoisotopic (exact) mass is 2010 g/mol. The number of amides is 19. The van der Waals surface area contributed by atoms with Crippen molar-refractivity contribution in [1.82, 2.24) is 98.1 Å². The van der Waals surface area contributed by atoms with Crippen molar-refractivity contribution < 1.29 is 121 Å². The fourth-order valence-electron chi connectivity index (χ4n) is 18.8. The molecular weight excluding hydrogens is 1880 g/mol. The Morgan fingerprint density at radius 2 is 0.780 bits per heavy atom. The molecule has 0 saturated carbocycles. The van der Waals surface area contributed by atoms with E-state index in [1.165, 1.54) is 48.5 Å². The molecule has 46 nitrogen and oxygen atoms in total. The second kappa shape index (κ2) is 54.1. The number of aliphatic carboxylic acids is 2. The predicted molar refractivity (Wildman–Crippen MR) is 512 cm³/mol. The zero-order chi connectivity index (χ0) is 103. The number of phenols is 1. The molecule has 48 heteroatoms. The van der Waals surface area contributed by atoms with Crippen molar-refractivity contribution in [3.05, 3.63) is 65.7 Å². The summed E-state index contributed by atoms with van der Waals surface area (Å²) < 4.78 is 0. The third-order valence-corrected chi connectivity index (χ3v) is 27.1. The van der Waals surface area contributed by atoms with Gasteiger partial charge < -0.3 is 130 Å². The van der Waals surface area contributed by atoms with Gasteiger partial charge in [0.25, 0.3) is 0 Å². The van der Waals surface area contributed by atoms with Gasteiger partial charge in [0.05, 0.1) is 32.3 Å². The summed E-state index contributed by atoms with van der Waals surface area (Å²) in [5.41, 5.74) is 12.9. The summed E-state index contributed by atoms with van der Waals surface area (Å²) in [6.07, 6.45) is 3.78. The maximum atomic E-state index is 14.8. The van der Waals surface area contributed by atoms with Crippen LogP contribution in [-0.4, -0.2) is 372 Å². The fourth-order valence-corrected chi connectivity index (χ4v) is 19.3. The summed E-state index contributed by atoms with van der Waals surface area (Å²) in [5, 5.41) is 70.0. The van der Waals surface area contributed by atoms with Gasteiger partial charge in [0, 0.05) is 76.6 Å². The Labute approximate surface area is 827 Å². The lowest BCUT2D eigenvalue weighted by atomic mass is 10.0. The predicted octanol–water partition coefficient (Wildman–Crippen LogP) is -5.19. The number of unbranched alkanes of at least 4 members (excludes halogenated alkanes) is 1. The summed E-state index contributed by atoms with van der Waals surface area (Å²) in [4.78, 5) is 300. The first-order valence-corrected chi connectivity index (χ1v) is 49.7. The Balaban J connectivity index is 0.750. The molecule has 19 amide bonds. The number of thiol groups is 2. The van der Waals surface area contributed by atoms with Crippen LogP contribution in [0.4, 0.5) is 0 Å². The molecule has 0 aliphatic carbocycles. The lowest BCUT2D eigenvalue weighted by molar-refractivity contribution is -0.149. The van der Waals surface area contributed by atoms with Crippen LogP contribution in [-0.2, 0) is 114 Å². The normalized spacial score (nSPS) is 21.0. The first kappa shape index (κ1) is 112. The molecule has 7 heterocycles. The number of nitrogens with zero attached hydrogens (tertiary/aromatic N) is 7. The number of rotatable bonds is 49. The van der Waals surface area contributed by atoms with Gasteiger partial charge in [-0.15, -0.1) is 0 Å². The van der Waals surface area contributed by atoms with E-state index in [4.69, 9.17) is 11.5 Å². The third kappa shape index (κ3) is 31.1. The summed E-state index contributed by atoms with van der Waals surface area (Å²) >= 11 is 8.88. The van der Waals surface area contributed by atoms with Crippen LogP contribution < -0.4 is 75.3 Å². The number of nitrogens with one attached hydrogen (secondary N) is 12. The molecule has 776 valence electrons. The number of likely N-dealkylation sites (tertiary alicyclic amines) is 7. The average Bonchev–Trinajstić information content (AvgIpc) is 1.66. The molecule has 0 radical (unpaired) electrons. The summed E-state index contributed by atoms with van der Waals surface area (Å²) in [7, 11) is 0. The minimum Gasteiger partial charge on any atom is -0.508 e. The Morgan fingerprint density at radius 3 is 1.26 bits per heavy atom. The highest BCUT2D eigenvalue weighted by Gasteiger charge is 2.49. The quantitative estimate of drug-likeness (QED) is 0.0217. The number of hydrogen-bond donors (Lipinski definition) is 20. The average molecular weight is 2010 g/mol. The Kier molecular flexibility index (Phi) is 43.1. The Morgan fingerprint density at radius 1 is 0.397 bits per heavy atom. The second-order valence-electron chi connectivity index (χ2n) is 37.4. The van der Waals surface area contributed by atoms with Crippen molar-refractivity contribution in [1.29, 1.82) is 0 Å². The molecule has 7 aliphatic heterocycles. The molecule has 2 aromatic rings. The minimum absolute atomic E-state index is 0.00572. The smallest absolute Gasteiger partial charge is 0.326 e. The number of aromatic hydroxyl groups is 1. The third-order valence-electron chi connectivity index (χ3n) is 26.4. The van der Waals surface area contributed by atoms with Gasteiger partial charge in [-0.2, -0.15) is 25.3 Å². The maximum absolute atomic E-state index is 14.8. The van der Waals surface area contributed by atoms with Crippen molar-refractivity contribution in [2.45, 2.75) is 279 Å². The number of carboxylic acid groups (broad SMARTS) is 2. The summed E-state index contributed by atoms with van der Waals surface area (Å²) in [6, 6.07) is -6.99. The van der Waals surface area contributed by atoms with E-state index in [1.807, 2.05) is 0 Å². The van der Waals surface area contributed by atoms with Crippen molar-refractivity contribution in [3.8, 4) is 5.75 Å². The molecule has 7 saturated heterocycles. The highest BCUT2D eigenvalue weighted by Crippen LogP contribution is 2.31. The topological polar surface area (TPSA) is 658 Å². The molecule has 17 atom stereocenters. The number of nitrogens with two attached hydrogens (primary N) is 2. The first-order chi connectivity index (χ1) is 67.2. The number of carbonyl (C=O) groups is 21. The van der Waals surface area contributed by atoms with E-state index in [-0.39, 0.29) is 140 Å². The highest BCUT2D eigenvalue weighted by atomic mass is 32.1. The zero-order valence-corrected chi connectivity index (χ0v) is 82.0. The van der Waals surface area contributed by atoms with Crippen LogP contribution in [0.3, 0.4) is 0 Å². The van der Waals surface area contributed by atoms with Crippen LogP contribution in [0.2, 0.25) is 0 Å². The highest BCUT2D eigenvalue weighted by molar-refractivity contribution is 7.80. The summed E-state index contributed by atoms with van der Waals surface area (Å²) in [5.74, 6) is -18.2. The molecule has 2 aromatic carbocycles. The van der Waals surface area contributed by atoms with Gasteiger partial charge in [-0.1, -0.05) is 76.6 Å². The number of carboxylic acids is 2. The van der Waals surface area contributed by atoms with Crippen LogP contribution >= 0.6 is 25.3 Å². The minimum atomic E-state index is -1.65. The first-order valence-electron chi connectivity index (χ1n) is 48.4. The molecule has 9 rings (SSSR count). The molecule has 7 fully saturated rings. The lowest BCUT2D eigenvalue weighted by Crippen LogP contribution is -2.60. The van der Waals surface area contributed by atoms with Gasteiger partial charge in [0.2, 0.25) is 112 Å². The van der Waals surface area contributed by atoms with E-state index in [9.17, 15) is 121 Å². The SMILES string of the molecule is CC(C)C[C@H](NC(=O)[C@H](Cc1ccccc1)NC(=O)[C@H](CCC(=O)O)NC(=O)[C@@H]1CCCN1C(=O)[C@H](C)NC(=O)[C@@H]1CCCN1C(=O)[C@H](CS)NC(=O)[C@@H]1CCCN1C(=O)[C@@H]1CCCN1C(=O)[C@H](CS)NC(=O)[C@@H]1CCCN1C(=O)[C@@H]1CCCN1C(=O)CNC(=O)[C@H](Cc1ccc(O)cc1)NC(=O)[C@@H](N)CCCCN)C(=O)NCC(=O)NCC(=O)N1CCC[C@H]1C(=O)N[C@@H](CO)C(=O)N[C@H](C(=O)O)C(C)C. The van der Waals surface area contributed by atoms with Gasteiger partial charge in [-0.05, 0) is 164 Å². The second-order valence-corrected chi connectivity index (χ2v) is 38.2. The van der Waals surface area contributed by atoms with Gasteiger partial charge >= 0.3 is 11.9 Å². The number of aliphatic hydroxyl groups is 1. The van der Waals surface area contributed by atoms with Crippen LogP contribution in [0, 0.1) is 11.8 Å². The van der Waals surface area contributed by atoms with E-state index in [1.54, 1.807) is 70.2 Å². The number of phenolic OH excluding ortho intramolecular Hbond substituents is 1. The number of aliphatic hydroxyl groups excluding tert-OH is 1. The molecule has 141 heavy (non-hydrogen) atoms. The molecule has 0 spiro atoms. The van der Waals surface area contributed by atoms with Crippen molar-refractivity contribution in [2.75, 3.05) is 90.1 Å². The maximum Gasteiger partial charge on any atom is 0.326 e. The van der Waals surface area contributed by atoms with E-state index in [0.29, 0.717) is 75.5 Å². The van der Waals surface area contributed by atoms with Crippen molar-refractivity contribution in [3.63, 3.8) is 0 Å². The van der Waals surface area contributed by atoms with Gasteiger partial charge in [0.15, 0.2) is 0 Å². The van der Waals surface area contributed by atoms with Gasteiger partial charge in [-0.3, -0.25) is 95.9 Å². The zero-order valence-electron chi connectivity index (χ0n) is 80.2. The molecular formula is C93H137N21O25S2. The van der Waals surface area contributed by atoms with Gasteiger partial charge in [0.1, 0.15) is 102 Å². The van der Waals surface area contributed by atoms with Crippen LogP contribution in [0.5, 0.6) is 5.75 Å². The number of hydrogen-bond acceptors (Lipinski definition) is 27. The van der Waals surface area contributed by atoms with E-state index >= 15 is 0 Å². The molecule has 7 aliphatic rings. The van der Waals surface area contributed by atoms with Gasteiger partial charge in [-0.25, -0.2) is 4.79 Å². The standard InChI is InChI=1S/C93H137N21O25S2/c1-51(2)42-59(78(123)97-45-72(117)96-46-73(118)108-35-11-21-65(108)84(129)104-62(48-115)82(127)107-76(52(3)4)93(138)139)102-81(126)61(43-54-18-7-6-8-19-54)103-80(125)58(32-33-75(120)121)100-85(130)67-23-12-37-110(67)88(133)53(5)99-83(128)66-22-13-38-111(66)89(134)63(49-140)105-87(132)69-25-15-40-113(69)92(137)71-27-17-41-114(71)90(135)64(50-141)106-86(131)68-24-14-39-112(68)91(136)70-26-16-36-109(70)74(119)47-98-79(124)60(44-55-28-30-56(116)31-29-55)101-77(122)57(95)20-9-10-34-94/h6-8,18-19,28-31,51-53,57-71,76,115-116,140-141H,9-17,20-27,32-50,94-95H2,1-5H3,(H,96,117)(H,97,123)(H,98,124)(H,99,128)(H,100,130)(H,101,122)(H,102,126)(H,103,125)(H,104,129)(H,105,132)(H,106,131)(H,107,127)(H,120,121)(H,138,139)/t53-,57-,58-,59-,60-,61-,62-,63-,64-,65-,66-,67-,68-,69-,70-,71-,76-/m0/s1. The fraction of sp³-hybridized carbons (Fsp3) is 0.645. The van der Waals surface area contributed by atoms with E-state index < -0.39 is 272 Å². The number of carbonyl (C=O) groups excluding carboxylic acids is 19. The van der Waals surface area contributed by atoms with E-state index in [0.717, 1.165) is 4.90 Å². The van der Waals surface area contributed by atoms with Crippen LogP contribution in [0.25, 0.3) is 0 Å². The lowest BCUT2D eigenvalue weighted by Gasteiger charge is -2.34.